The number of hydrogen-bond donors (Lipinski definition) is 1. The van der Waals surface area contributed by atoms with Gasteiger partial charge in [-0.3, -0.25) is 4.40 Å². The summed E-state index contributed by atoms with van der Waals surface area (Å²) in [6, 6.07) is 7.92. The van der Waals surface area contributed by atoms with Gasteiger partial charge in [0.2, 0.25) is 0 Å². The molecule has 4 rings (SSSR count). The summed E-state index contributed by atoms with van der Waals surface area (Å²) in [4.78, 5) is 8.73. The number of nitrogens with one attached hydrogen (secondary N) is 1. The fourth-order valence-corrected chi connectivity index (χ4v) is 3.24. The third kappa shape index (κ3) is 2.93. The average Bonchev–Trinajstić information content (AvgIpc) is 3.03. The molecule has 2 aromatic carbocycles. The highest BCUT2D eigenvalue weighted by Gasteiger charge is 2.30. The molecule has 0 aliphatic rings. The number of anilines is 2. The molecule has 0 unspecified atom stereocenters. The van der Waals surface area contributed by atoms with Gasteiger partial charge in [0.25, 0.3) is 0 Å². The van der Waals surface area contributed by atoms with Crippen molar-refractivity contribution in [2.75, 3.05) is 5.32 Å². The summed E-state index contributed by atoms with van der Waals surface area (Å²) in [5.41, 5.74) is 1.38. The highest BCUT2D eigenvalue weighted by Crippen LogP contribution is 2.32. The van der Waals surface area contributed by atoms with Gasteiger partial charge in [-0.2, -0.15) is 13.2 Å². The van der Waals surface area contributed by atoms with Crippen LogP contribution in [-0.2, 0) is 6.18 Å². The first kappa shape index (κ1) is 16.9. The van der Waals surface area contributed by atoms with Gasteiger partial charge in [0.05, 0.1) is 21.6 Å². The Morgan fingerprint density at radius 3 is 2.46 bits per heavy atom. The molecule has 1 N–H and O–H groups in total. The van der Waals surface area contributed by atoms with Crippen LogP contribution in [0.1, 0.15) is 5.56 Å². The van der Waals surface area contributed by atoms with Crippen LogP contribution in [0, 0.1) is 0 Å². The summed E-state index contributed by atoms with van der Waals surface area (Å²) in [5.74, 6) is 0.376. The Bertz CT molecular complexity index is 1120. The van der Waals surface area contributed by atoms with Crippen molar-refractivity contribution in [3.63, 3.8) is 0 Å². The van der Waals surface area contributed by atoms with E-state index in [2.05, 4.69) is 15.3 Å². The molecule has 26 heavy (non-hydrogen) atoms. The summed E-state index contributed by atoms with van der Waals surface area (Å²) in [6.07, 6.45) is -1.08. The number of rotatable bonds is 2. The number of fused-ring (bicyclic) bond motifs is 3. The minimum absolute atomic E-state index is 0.376. The van der Waals surface area contributed by atoms with Crippen molar-refractivity contribution < 1.29 is 13.2 Å². The lowest BCUT2D eigenvalue weighted by molar-refractivity contribution is -0.137. The number of halogens is 5. The summed E-state index contributed by atoms with van der Waals surface area (Å²) in [7, 11) is 0. The number of alkyl halides is 3. The van der Waals surface area contributed by atoms with E-state index in [1.807, 2.05) is 0 Å². The van der Waals surface area contributed by atoms with Crippen LogP contribution in [0.3, 0.4) is 0 Å². The maximum Gasteiger partial charge on any atom is 0.416 e. The number of hydrogen-bond acceptors (Lipinski definition) is 3. The van der Waals surface area contributed by atoms with Gasteiger partial charge >= 0.3 is 6.18 Å². The zero-order chi connectivity index (χ0) is 18.5. The zero-order valence-corrected chi connectivity index (χ0v) is 14.4. The van der Waals surface area contributed by atoms with Gasteiger partial charge in [-0.15, -0.1) is 0 Å². The molecule has 132 valence electrons. The smallest absolute Gasteiger partial charge is 0.337 e. The van der Waals surface area contributed by atoms with Crippen LogP contribution in [0.2, 0.25) is 10.0 Å². The zero-order valence-electron chi connectivity index (χ0n) is 12.9. The Kier molecular flexibility index (Phi) is 3.93. The van der Waals surface area contributed by atoms with Crippen LogP contribution in [0.25, 0.3) is 16.7 Å². The van der Waals surface area contributed by atoms with E-state index in [1.54, 1.807) is 28.9 Å². The predicted octanol–water partition coefficient (Wildman–Crippen LogP) is 5.95. The number of nitrogens with zero attached hydrogens (tertiary/aromatic N) is 3. The van der Waals surface area contributed by atoms with Crippen LogP contribution in [0.5, 0.6) is 0 Å². The number of aromatic nitrogens is 3. The lowest BCUT2D eigenvalue weighted by atomic mass is 10.2. The lowest BCUT2D eigenvalue weighted by Gasteiger charge is -2.12. The minimum atomic E-state index is -4.39. The van der Waals surface area contributed by atoms with E-state index >= 15 is 0 Å². The molecule has 0 atom stereocenters. The van der Waals surface area contributed by atoms with Crippen molar-refractivity contribution in [1.29, 1.82) is 0 Å². The Hall–Kier alpha value is -2.51. The van der Waals surface area contributed by atoms with Crippen molar-refractivity contribution in [2.45, 2.75) is 6.18 Å². The second-order valence-electron chi connectivity index (χ2n) is 5.54. The SMILES string of the molecule is FC(F)(F)c1ccc(Nc2nc3cc(Cl)cc(Cl)c3n3ccnc23)cc1. The molecule has 0 aliphatic heterocycles. The molecule has 0 fully saturated rings. The van der Waals surface area contributed by atoms with E-state index in [-0.39, 0.29) is 0 Å². The normalized spacial score (nSPS) is 12.0. The molecular formula is C17H9Cl2F3N4. The molecule has 0 saturated heterocycles. The molecule has 0 amide bonds. The molecule has 4 aromatic rings. The standard InChI is InChI=1S/C17H9Cl2F3N4/c18-10-7-12(19)14-13(8-10)25-15(16-23-5-6-26(14)16)24-11-3-1-9(2-4-11)17(20,21)22/h1-8H,(H,24,25). The quantitative estimate of drug-likeness (QED) is 0.455. The van der Waals surface area contributed by atoms with Gasteiger partial charge in [0.1, 0.15) is 0 Å². The fraction of sp³-hybridized carbons (Fsp3) is 0.0588. The molecule has 2 aromatic heterocycles. The molecule has 4 nitrogen and oxygen atoms in total. The van der Waals surface area contributed by atoms with Gasteiger partial charge in [-0.1, -0.05) is 23.2 Å². The second-order valence-corrected chi connectivity index (χ2v) is 6.38. The Morgan fingerprint density at radius 1 is 1.04 bits per heavy atom. The number of imidazole rings is 1. The first-order chi connectivity index (χ1) is 12.3. The van der Waals surface area contributed by atoms with E-state index in [0.29, 0.717) is 38.2 Å². The van der Waals surface area contributed by atoms with E-state index < -0.39 is 11.7 Å². The first-order valence-corrected chi connectivity index (χ1v) is 8.14. The van der Waals surface area contributed by atoms with Gasteiger partial charge < -0.3 is 5.32 Å². The highest BCUT2D eigenvalue weighted by atomic mass is 35.5. The monoisotopic (exact) mass is 396 g/mol. The number of benzene rings is 2. The van der Waals surface area contributed by atoms with Gasteiger partial charge in [-0.25, -0.2) is 9.97 Å². The third-order valence-corrected chi connectivity index (χ3v) is 4.32. The second kappa shape index (κ2) is 6.03. The molecule has 9 heteroatoms. The van der Waals surface area contributed by atoms with Gasteiger partial charge in [0.15, 0.2) is 11.5 Å². The lowest BCUT2D eigenvalue weighted by Crippen LogP contribution is -2.05. The van der Waals surface area contributed by atoms with Crippen molar-refractivity contribution in [1.82, 2.24) is 14.4 Å². The summed E-state index contributed by atoms with van der Waals surface area (Å²) < 4.78 is 39.8. The van der Waals surface area contributed by atoms with Crippen LogP contribution >= 0.6 is 23.2 Å². The largest absolute Gasteiger partial charge is 0.416 e. The van der Waals surface area contributed by atoms with Gasteiger partial charge in [0, 0.05) is 23.1 Å². The fourth-order valence-electron chi connectivity index (χ4n) is 2.67. The molecule has 0 radical (unpaired) electrons. The van der Waals surface area contributed by atoms with Crippen molar-refractivity contribution in [2.24, 2.45) is 0 Å². The van der Waals surface area contributed by atoms with Crippen molar-refractivity contribution >= 4 is 51.4 Å². The van der Waals surface area contributed by atoms with Crippen LogP contribution < -0.4 is 5.32 Å². The maximum atomic E-state index is 12.7. The van der Waals surface area contributed by atoms with Crippen molar-refractivity contribution in [3.8, 4) is 0 Å². The van der Waals surface area contributed by atoms with E-state index in [4.69, 9.17) is 23.2 Å². The predicted molar refractivity (Wildman–Crippen MR) is 95.2 cm³/mol. The Morgan fingerprint density at radius 2 is 1.77 bits per heavy atom. The minimum Gasteiger partial charge on any atom is -0.337 e. The topological polar surface area (TPSA) is 42.2 Å². The molecule has 0 spiro atoms. The van der Waals surface area contributed by atoms with Crippen LogP contribution in [-0.4, -0.2) is 14.4 Å². The van der Waals surface area contributed by atoms with E-state index in [0.717, 1.165) is 12.1 Å². The van der Waals surface area contributed by atoms with Crippen molar-refractivity contribution in [3.05, 3.63) is 64.4 Å². The Balaban J connectivity index is 1.82. The molecule has 0 saturated carbocycles. The average molecular weight is 397 g/mol. The summed E-state index contributed by atoms with van der Waals surface area (Å²) >= 11 is 12.3. The maximum absolute atomic E-state index is 12.7. The highest BCUT2D eigenvalue weighted by molar-refractivity contribution is 6.38. The van der Waals surface area contributed by atoms with E-state index in [1.165, 1.54) is 12.1 Å². The third-order valence-electron chi connectivity index (χ3n) is 3.81. The molecule has 0 bridgehead atoms. The molecule has 2 heterocycles. The molecule has 0 aliphatic carbocycles. The van der Waals surface area contributed by atoms with E-state index in [9.17, 15) is 13.2 Å². The molecular weight excluding hydrogens is 388 g/mol. The first-order valence-electron chi connectivity index (χ1n) is 7.39. The van der Waals surface area contributed by atoms with Crippen LogP contribution in [0.4, 0.5) is 24.7 Å². The van der Waals surface area contributed by atoms with Crippen LogP contribution in [0.15, 0.2) is 48.8 Å². The summed E-state index contributed by atoms with van der Waals surface area (Å²) in [5, 5.41) is 3.84. The van der Waals surface area contributed by atoms with Gasteiger partial charge in [-0.05, 0) is 36.4 Å². The Labute approximate surface area is 155 Å². The summed E-state index contributed by atoms with van der Waals surface area (Å²) in [6.45, 7) is 0.